The van der Waals surface area contributed by atoms with E-state index >= 15 is 0 Å². The van der Waals surface area contributed by atoms with E-state index in [1.165, 1.54) is 12.1 Å². The number of benzene rings is 2. The van der Waals surface area contributed by atoms with Crippen molar-refractivity contribution in [1.82, 2.24) is 19.9 Å². The standard InChI is InChI=1S/C23H27FN4O2/c1-2-29-21-10-6-19(7-11-21)23-25-22(30-26-23)17-28-13-3-12-27(14-15-28)16-18-4-8-20(24)9-5-18/h4-11H,2-3,12-17H2,1H3. The van der Waals surface area contributed by atoms with Crippen LogP contribution in [0.5, 0.6) is 5.75 Å². The van der Waals surface area contributed by atoms with Crippen molar-refractivity contribution in [1.29, 1.82) is 0 Å². The van der Waals surface area contributed by atoms with Crippen LogP contribution in [0.2, 0.25) is 0 Å². The van der Waals surface area contributed by atoms with E-state index in [-0.39, 0.29) is 5.82 Å². The Labute approximate surface area is 176 Å². The predicted octanol–water partition coefficient (Wildman–Crippen LogP) is 3.98. The molecule has 1 aliphatic heterocycles. The predicted molar refractivity (Wildman–Crippen MR) is 112 cm³/mol. The molecule has 3 aromatic rings. The van der Waals surface area contributed by atoms with Crippen molar-refractivity contribution >= 4 is 0 Å². The lowest BCUT2D eigenvalue weighted by Crippen LogP contribution is -2.30. The first kappa shape index (κ1) is 20.5. The second kappa shape index (κ2) is 9.82. The normalized spacial score (nSPS) is 15.8. The van der Waals surface area contributed by atoms with E-state index in [0.29, 0.717) is 24.9 Å². The molecule has 0 spiro atoms. The van der Waals surface area contributed by atoms with Gasteiger partial charge >= 0.3 is 0 Å². The van der Waals surface area contributed by atoms with Crippen LogP contribution in [0.25, 0.3) is 11.4 Å². The van der Waals surface area contributed by atoms with Gasteiger partial charge in [-0.2, -0.15) is 4.98 Å². The number of halogens is 1. The minimum absolute atomic E-state index is 0.190. The lowest BCUT2D eigenvalue weighted by Gasteiger charge is -2.20. The summed E-state index contributed by atoms with van der Waals surface area (Å²) in [6, 6.07) is 14.5. The second-order valence-corrected chi connectivity index (χ2v) is 7.50. The molecule has 1 aliphatic rings. The molecule has 0 amide bonds. The van der Waals surface area contributed by atoms with Crippen molar-refractivity contribution in [2.45, 2.75) is 26.4 Å². The zero-order valence-corrected chi connectivity index (χ0v) is 17.3. The molecule has 158 valence electrons. The van der Waals surface area contributed by atoms with Gasteiger partial charge in [0.15, 0.2) is 0 Å². The molecule has 2 aromatic carbocycles. The van der Waals surface area contributed by atoms with Crippen LogP contribution < -0.4 is 4.74 Å². The SMILES string of the molecule is CCOc1ccc(-c2noc(CN3CCCN(Cc4ccc(F)cc4)CC3)n2)cc1. The fourth-order valence-electron chi connectivity index (χ4n) is 3.68. The first-order valence-corrected chi connectivity index (χ1v) is 10.4. The van der Waals surface area contributed by atoms with E-state index in [4.69, 9.17) is 9.26 Å². The van der Waals surface area contributed by atoms with Gasteiger partial charge in [-0.3, -0.25) is 9.80 Å². The van der Waals surface area contributed by atoms with E-state index in [2.05, 4.69) is 19.9 Å². The van der Waals surface area contributed by atoms with Gasteiger partial charge in [0.2, 0.25) is 11.7 Å². The van der Waals surface area contributed by atoms with Crippen molar-refractivity contribution in [3.63, 3.8) is 0 Å². The van der Waals surface area contributed by atoms with Crippen LogP contribution in [0.15, 0.2) is 53.1 Å². The van der Waals surface area contributed by atoms with Gasteiger partial charge in [-0.05, 0) is 68.4 Å². The molecule has 2 heterocycles. The molecule has 1 fully saturated rings. The van der Waals surface area contributed by atoms with E-state index in [1.54, 1.807) is 0 Å². The summed E-state index contributed by atoms with van der Waals surface area (Å²) in [7, 11) is 0. The Morgan fingerprint density at radius 3 is 2.33 bits per heavy atom. The van der Waals surface area contributed by atoms with E-state index in [9.17, 15) is 4.39 Å². The highest BCUT2D eigenvalue weighted by molar-refractivity contribution is 5.55. The third kappa shape index (κ3) is 5.43. The molecule has 7 heteroatoms. The Hall–Kier alpha value is -2.77. The molecule has 1 saturated heterocycles. The van der Waals surface area contributed by atoms with Gasteiger partial charge in [-0.25, -0.2) is 4.39 Å². The summed E-state index contributed by atoms with van der Waals surface area (Å²) in [6.45, 7) is 7.99. The van der Waals surface area contributed by atoms with Crippen LogP contribution in [0.1, 0.15) is 24.8 Å². The van der Waals surface area contributed by atoms with Crippen LogP contribution in [-0.4, -0.2) is 52.7 Å². The van der Waals surface area contributed by atoms with Crippen molar-refractivity contribution in [2.75, 3.05) is 32.8 Å². The maximum atomic E-state index is 13.1. The Morgan fingerprint density at radius 2 is 1.63 bits per heavy atom. The fourth-order valence-corrected chi connectivity index (χ4v) is 3.68. The number of rotatable bonds is 7. The van der Waals surface area contributed by atoms with Crippen molar-refractivity contribution in [3.05, 3.63) is 65.8 Å². The summed E-state index contributed by atoms with van der Waals surface area (Å²) in [5.41, 5.74) is 2.05. The molecule has 0 bridgehead atoms. The molecule has 4 rings (SSSR count). The molecule has 6 nitrogen and oxygen atoms in total. The number of ether oxygens (including phenoxy) is 1. The van der Waals surface area contributed by atoms with Crippen molar-refractivity contribution < 1.29 is 13.7 Å². The molecule has 0 N–H and O–H groups in total. The lowest BCUT2D eigenvalue weighted by atomic mass is 10.2. The monoisotopic (exact) mass is 410 g/mol. The van der Waals surface area contributed by atoms with Crippen LogP contribution in [0.3, 0.4) is 0 Å². The number of aromatic nitrogens is 2. The van der Waals surface area contributed by atoms with Gasteiger partial charge in [0.25, 0.3) is 0 Å². The van der Waals surface area contributed by atoms with E-state index in [0.717, 1.165) is 56.0 Å². The van der Waals surface area contributed by atoms with Crippen LogP contribution in [-0.2, 0) is 13.1 Å². The number of hydrogen-bond donors (Lipinski definition) is 0. The van der Waals surface area contributed by atoms with Gasteiger partial charge in [0.1, 0.15) is 11.6 Å². The zero-order valence-electron chi connectivity index (χ0n) is 17.3. The minimum atomic E-state index is -0.190. The molecule has 0 radical (unpaired) electrons. The van der Waals surface area contributed by atoms with Gasteiger partial charge < -0.3 is 9.26 Å². The summed E-state index contributed by atoms with van der Waals surface area (Å²) in [5, 5.41) is 4.13. The topological polar surface area (TPSA) is 54.6 Å². The first-order valence-electron chi connectivity index (χ1n) is 10.4. The van der Waals surface area contributed by atoms with E-state index < -0.39 is 0 Å². The Morgan fingerprint density at radius 1 is 0.933 bits per heavy atom. The quantitative estimate of drug-likeness (QED) is 0.587. The highest BCUT2D eigenvalue weighted by Crippen LogP contribution is 2.20. The van der Waals surface area contributed by atoms with Gasteiger partial charge in [0.05, 0.1) is 13.2 Å². The largest absolute Gasteiger partial charge is 0.494 e. The minimum Gasteiger partial charge on any atom is -0.494 e. The molecule has 1 aromatic heterocycles. The van der Waals surface area contributed by atoms with E-state index in [1.807, 2.05) is 43.3 Å². The molecule has 0 saturated carbocycles. The highest BCUT2D eigenvalue weighted by Gasteiger charge is 2.18. The van der Waals surface area contributed by atoms with Gasteiger partial charge in [-0.1, -0.05) is 17.3 Å². The first-order chi connectivity index (χ1) is 14.7. The van der Waals surface area contributed by atoms with Crippen LogP contribution in [0, 0.1) is 5.82 Å². The average Bonchev–Trinajstić information content (AvgIpc) is 3.11. The van der Waals surface area contributed by atoms with Crippen molar-refractivity contribution in [3.8, 4) is 17.1 Å². The summed E-state index contributed by atoms with van der Waals surface area (Å²) >= 11 is 0. The molecule has 0 aliphatic carbocycles. The van der Waals surface area contributed by atoms with Crippen molar-refractivity contribution in [2.24, 2.45) is 0 Å². The Balaban J connectivity index is 1.31. The van der Waals surface area contributed by atoms with Gasteiger partial charge in [-0.15, -0.1) is 0 Å². The summed E-state index contributed by atoms with van der Waals surface area (Å²) in [5.74, 6) is 1.87. The maximum absolute atomic E-state index is 13.1. The fraction of sp³-hybridized carbons (Fsp3) is 0.391. The summed E-state index contributed by atoms with van der Waals surface area (Å²) in [6.07, 6.45) is 1.07. The Bertz CT molecular complexity index is 927. The Kier molecular flexibility index (Phi) is 6.71. The maximum Gasteiger partial charge on any atom is 0.241 e. The molecule has 0 atom stereocenters. The van der Waals surface area contributed by atoms with Crippen LogP contribution in [0.4, 0.5) is 4.39 Å². The second-order valence-electron chi connectivity index (χ2n) is 7.50. The summed E-state index contributed by atoms with van der Waals surface area (Å²) < 4.78 is 24.1. The molecule has 30 heavy (non-hydrogen) atoms. The third-order valence-electron chi connectivity index (χ3n) is 5.25. The molecular formula is C23H27FN4O2. The van der Waals surface area contributed by atoms with Crippen LogP contribution >= 0.6 is 0 Å². The third-order valence-corrected chi connectivity index (χ3v) is 5.25. The van der Waals surface area contributed by atoms with Gasteiger partial charge in [0, 0.05) is 25.2 Å². The zero-order chi connectivity index (χ0) is 20.8. The number of hydrogen-bond acceptors (Lipinski definition) is 6. The highest BCUT2D eigenvalue weighted by atomic mass is 19.1. The molecule has 0 unspecified atom stereocenters. The molecular weight excluding hydrogens is 383 g/mol. The number of nitrogens with zero attached hydrogens (tertiary/aromatic N) is 4. The average molecular weight is 410 g/mol. The smallest absolute Gasteiger partial charge is 0.241 e. The lowest BCUT2D eigenvalue weighted by molar-refractivity contribution is 0.222. The summed E-state index contributed by atoms with van der Waals surface area (Å²) in [4.78, 5) is 9.32.